The summed E-state index contributed by atoms with van der Waals surface area (Å²) in [6, 6.07) is 0.296. The van der Waals surface area contributed by atoms with E-state index in [0.29, 0.717) is 19.3 Å². The summed E-state index contributed by atoms with van der Waals surface area (Å²) in [5.41, 5.74) is 0. The Morgan fingerprint density at radius 1 is 0.536 bits per heavy atom. The van der Waals surface area contributed by atoms with E-state index in [1.165, 1.54) is 128 Å². The maximum Gasteiger partial charge on any atom is 0.308 e. The van der Waals surface area contributed by atoms with Gasteiger partial charge >= 0.3 is 5.97 Å². The number of aliphatic hydroxyl groups is 2. The Kier molecular flexibility index (Phi) is 37.9. The first-order chi connectivity index (χ1) is 27.5. The summed E-state index contributed by atoms with van der Waals surface area (Å²) in [6.45, 7) is 12.4. The molecule has 0 radical (unpaired) electrons. The average molecular weight is 794 g/mol. The Balaban J connectivity index is 2.39. The fourth-order valence-corrected chi connectivity index (χ4v) is 8.95. The highest BCUT2D eigenvalue weighted by atomic mass is 16.6. The standard InChI is InChI=1S/C50H99NO5/c1-5-9-13-17-19-27-37-45(35-25-15-11-7-3)49(53)55-43-33-23-21-31-41-51(47-39-29-30-40-48(47)52)42-32-22-24-34-44-56-50(54)46(36-26-16-12-8-4)38-28-20-18-14-10-6-2/h45-49,52-53H,5-44H2,1-4H3. The molecule has 1 aliphatic carbocycles. The Morgan fingerprint density at radius 3 is 1.46 bits per heavy atom. The molecule has 0 aromatic rings. The van der Waals surface area contributed by atoms with E-state index in [2.05, 4.69) is 32.6 Å². The van der Waals surface area contributed by atoms with Gasteiger partial charge < -0.3 is 19.7 Å². The van der Waals surface area contributed by atoms with Crippen molar-refractivity contribution in [1.82, 2.24) is 4.90 Å². The van der Waals surface area contributed by atoms with Crippen molar-refractivity contribution in [2.75, 3.05) is 26.3 Å². The predicted octanol–water partition coefficient (Wildman–Crippen LogP) is 14.3. The lowest BCUT2D eigenvalue weighted by Crippen LogP contribution is -2.46. The third-order valence-electron chi connectivity index (χ3n) is 12.8. The molecule has 56 heavy (non-hydrogen) atoms. The molecule has 0 bridgehead atoms. The van der Waals surface area contributed by atoms with Gasteiger partial charge in [0.05, 0.1) is 18.6 Å². The van der Waals surface area contributed by atoms with Gasteiger partial charge in [0.2, 0.25) is 0 Å². The van der Waals surface area contributed by atoms with E-state index in [0.717, 1.165) is 116 Å². The highest BCUT2D eigenvalue weighted by molar-refractivity contribution is 5.72. The minimum atomic E-state index is -0.616. The number of carbonyl (C=O) groups is 1. The van der Waals surface area contributed by atoms with Crippen LogP contribution in [0.5, 0.6) is 0 Å². The fraction of sp³-hybridized carbons (Fsp3) is 0.980. The maximum atomic E-state index is 13.0. The zero-order valence-electron chi connectivity index (χ0n) is 38.2. The topological polar surface area (TPSA) is 79.2 Å². The number of esters is 1. The van der Waals surface area contributed by atoms with Crippen LogP contribution in [0.3, 0.4) is 0 Å². The van der Waals surface area contributed by atoms with Crippen LogP contribution >= 0.6 is 0 Å². The van der Waals surface area contributed by atoms with E-state index in [4.69, 9.17) is 9.47 Å². The van der Waals surface area contributed by atoms with Crippen LogP contribution in [0, 0.1) is 11.8 Å². The third-order valence-corrected chi connectivity index (χ3v) is 12.8. The van der Waals surface area contributed by atoms with Gasteiger partial charge in [-0.25, -0.2) is 0 Å². The first-order valence-electron chi connectivity index (χ1n) is 25.4. The van der Waals surface area contributed by atoms with Gasteiger partial charge in [-0.2, -0.15) is 0 Å². The summed E-state index contributed by atoms with van der Waals surface area (Å²) in [4.78, 5) is 15.6. The van der Waals surface area contributed by atoms with Gasteiger partial charge in [-0.05, 0) is 77.3 Å². The molecule has 0 heterocycles. The lowest BCUT2D eigenvalue weighted by atomic mass is 9.91. The molecule has 2 N–H and O–H groups in total. The van der Waals surface area contributed by atoms with E-state index in [1.54, 1.807) is 0 Å². The van der Waals surface area contributed by atoms with Gasteiger partial charge in [-0.3, -0.25) is 9.69 Å². The maximum absolute atomic E-state index is 13.0. The first kappa shape index (κ1) is 53.3. The summed E-state index contributed by atoms with van der Waals surface area (Å²) in [5.74, 6) is 0.422. The molecular weight excluding hydrogens is 695 g/mol. The van der Waals surface area contributed by atoms with Crippen molar-refractivity contribution in [1.29, 1.82) is 0 Å². The van der Waals surface area contributed by atoms with Gasteiger partial charge in [-0.1, -0.05) is 195 Å². The van der Waals surface area contributed by atoms with Crippen molar-refractivity contribution in [2.24, 2.45) is 11.8 Å². The molecule has 6 nitrogen and oxygen atoms in total. The molecule has 1 saturated carbocycles. The molecule has 1 fully saturated rings. The third kappa shape index (κ3) is 29.5. The van der Waals surface area contributed by atoms with Gasteiger partial charge in [0, 0.05) is 18.6 Å². The number of hydrogen-bond acceptors (Lipinski definition) is 6. The fourth-order valence-electron chi connectivity index (χ4n) is 8.95. The van der Waals surface area contributed by atoms with Crippen molar-refractivity contribution >= 4 is 5.97 Å². The van der Waals surface area contributed by atoms with Gasteiger partial charge in [0.15, 0.2) is 6.29 Å². The van der Waals surface area contributed by atoms with Crippen molar-refractivity contribution in [2.45, 2.75) is 277 Å². The van der Waals surface area contributed by atoms with Gasteiger partial charge in [-0.15, -0.1) is 0 Å². The Hall–Kier alpha value is -0.690. The number of carbonyl (C=O) groups excluding carboxylic acids is 1. The molecule has 334 valence electrons. The summed E-state index contributed by atoms with van der Waals surface area (Å²) >= 11 is 0. The van der Waals surface area contributed by atoms with Crippen LogP contribution in [0.2, 0.25) is 0 Å². The summed E-state index contributed by atoms with van der Waals surface area (Å²) in [6.07, 6.45) is 41.8. The number of hydrogen-bond donors (Lipinski definition) is 2. The van der Waals surface area contributed by atoms with E-state index >= 15 is 0 Å². The highest BCUT2D eigenvalue weighted by Gasteiger charge is 2.28. The summed E-state index contributed by atoms with van der Waals surface area (Å²) < 4.78 is 11.9. The molecule has 1 aliphatic rings. The zero-order valence-corrected chi connectivity index (χ0v) is 38.2. The highest BCUT2D eigenvalue weighted by Crippen LogP contribution is 2.26. The summed E-state index contributed by atoms with van der Waals surface area (Å²) in [7, 11) is 0. The number of ether oxygens (including phenoxy) is 2. The van der Waals surface area contributed by atoms with Crippen LogP contribution < -0.4 is 0 Å². The Bertz CT molecular complexity index is 825. The molecule has 1 rings (SSSR count). The van der Waals surface area contributed by atoms with Crippen LogP contribution in [0.4, 0.5) is 0 Å². The van der Waals surface area contributed by atoms with E-state index in [1.807, 2.05) is 0 Å². The van der Waals surface area contributed by atoms with Crippen molar-refractivity contribution in [3.05, 3.63) is 0 Å². The van der Waals surface area contributed by atoms with Crippen LogP contribution in [-0.4, -0.2) is 65.8 Å². The van der Waals surface area contributed by atoms with Crippen LogP contribution in [0.15, 0.2) is 0 Å². The lowest BCUT2D eigenvalue weighted by molar-refractivity contribution is -0.149. The predicted molar refractivity (Wildman–Crippen MR) is 240 cm³/mol. The average Bonchev–Trinajstić information content (AvgIpc) is 3.20. The molecule has 0 spiro atoms. The van der Waals surface area contributed by atoms with Gasteiger partial charge in [0.1, 0.15) is 0 Å². The van der Waals surface area contributed by atoms with Crippen molar-refractivity contribution in [3.63, 3.8) is 0 Å². The molecule has 5 unspecified atom stereocenters. The molecule has 6 heteroatoms. The number of rotatable bonds is 42. The Labute approximate surface area is 349 Å². The number of nitrogens with zero attached hydrogens (tertiary/aromatic N) is 1. The van der Waals surface area contributed by atoms with E-state index < -0.39 is 6.29 Å². The molecule has 0 aliphatic heterocycles. The Morgan fingerprint density at radius 2 is 0.946 bits per heavy atom. The van der Waals surface area contributed by atoms with Crippen molar-refractivity contribution < 1.29 is 24.5 Å². The monoisotopic (exact) mass is 794 g/mol. The molecule has 5 atom stereocenters. The number of unbranched alkanes of at least 4 members (excludes halogenated alkanes) is 22. The zero-order chi connectivity index (χ0) is 40.7. The largest absolute Gasteiger partial charge is 0.465 e. The first-order valence-corrected chi connectivity index (χ1v) is 25.4. The van der Waals surface area contributed by atoms with Gasteiger partial charge in [0.25, 0.3) is 0 Å². The molecule has 0 aromatic carbocycles. The lowest BCUT2D eigenvalue weighted by Gasteiger charge is -2.38. The second kappa shape index (κ2) is 39.8. The second-order valence-electron chi connectivity index (χ2n) is 18.0. The molecule has 0 amide bonds. The molecule has 0 aromatic heterocycles. The van der Waals surface area contributed by atoms with Crippen molar-refractivity contribution in [3.8, 4) is 0 Å². The minimum absolute atomic E-state index is 0.0563. The number of aliphatic hydroxyl groups excluding tert-OH is 2. The summed E-state index contributed by atoms with van der Waals surface area (Å²) in [5, 5.41) is 21.9. The SMILES string of the molecule is CCCCCCCCC(CCCCCC)C(=O)OCCCCCCN(CCCCCCOC(O)C(CCCCCC)CCCCCCCC)C1CCCCC1O. The minimum Gasteiger partial charge on any atom is -0.465 e. The molecular formula is C50H99NO5. The van der Waals surface area contributed by atoms with E-state index in [-0.39, 0.29) is 23.9 Å². The van der Waals surface area contributed by atoms with Crippen LogP contribution in [-0.2, 0) is 14.3 Å². The smallest absolute Gasteiger partial charge is 0.308 e. The van der Waals surface area contributed by atoms with Crippen LogP contribution in [0.1, 0.15) is 259 Å². The second-order valence-corrected chi connectivity index (χ2v) is 18.0. The molecule has 0 saturated heterocycles. The van der Waals surface area contributed by atoms with Crippen LogP contribution in [0.25, 0.3) is 0 Å². The normalized spacial score (nSPS) is 17.7. The van der Waals surface area contributed by atoms with E-state index in [9.17, 15) is 15.0 Å². The quantitative estimate of drug-likeness (QED) is 0.0364.